The Morgan fingerprint density at radius 1 is 1.25 bits per heavy atom. The molecule has 0 amide bonds. The van der Waals surface area contributed by atoms with Gasteiger partial charge in [-0.05, 0) is 24.3 Å². The molecule has 2 heterocycles. The van der Waals surface area contributed by atoms with Crippen molar-refractivity contribution < 1.29 is 5.11 Å². The van der Waals surface area contributed by atoms with Gasteiger partial charge in [-0.3, -0.25) is 0 Å². The van der Waals surface area contributed by atoms with Crippen LogP contribution in [0.1, 0.15) is 0 Å². The van der Waals surface area contributed by atoms with Gasteiger partial charge >= 0.3 is 0 Å². The standard InChI is InChI=1S/C10H10ClN3OS/c11-9-3-2-8(16-9)7-1-4-10(14-13-7)12-5-6-15/h1-4,15H,5-6H2,(H,12,14). The Morgan fingerprint density at radius 3 is 2.69 bits per heavy atom. The predicted molar refractivity (Wildman–Crippen MR) is 65.9 cm³/mol. The number of nitrogens with zero attached hydrogens (tertiary/aromatic N) is 2. The number of aromatic nitrogens is 2. The Bertz CT molecular complexity index is 457. The molecule has 0 aliphatic carbocycles. The maximum Gasteiger partial charge on any atom is 0.148 e. The van der Waals surface area contributed by atoms with E-state index in [1.165, 1.54) is 11.3 Å². The van der Waals surface area contributed by atoms with E-state index in [-0.39, 0.29) is 6.61 Å². The zero-order valence-corrected chi connectivity index (χ0v) is 9.92. The van der Waals surface area contributed by atoms with Gasteiger partial charge in [0, 0.05) is 6.54 Å². The van der Waals surface area contributed by atoms with E-state index in [4.69, 9.17) is 16.7 Å². The van der Waals surface area contributed by atoms with Gasteiger partial charge < -0.3 is 10.4 Å². The summed E-state index contributed by atoms with van der Waals surface area (Å²) < 4.78 is 0.735. The van der Waals surface area contributed by atoms with Crippen LogP contribution in [0.3, 0.4) is 0 Å². The molecule has 4 nitrogen and oxygen atoms in total. The number of nitrogens with one attached hydrogen (secondary N) is 1. The van der Waals surface area contributed by atoms with Crippen molar-refractivity contribution in [1.29, 1.82) is 0 Å². The molecule has 2 rings (SSSR count). The van der Waals surface area contributed by atoms with E-state index in [0.717, 1.165) is 14.9 Å². The van der Waals surface area contributed by atoms with Crippen LogP contribution in [0, 0.1) is 0 Å². The summed E-state index contributed by atoms with van der Waals surface area (Å²) in [4.78, 5) is 0.992. The monoisotopic (exact) mass is 255 g/mol. The van der Waals surface area contributed by atoms with Crippen LogP contribution in [0.5, 0.6) is 0 Å². The van der Waals surface area contributed by atoms with Crippen molar-refractivity contribution in [3.8, 4) is 10.6 Å². The Hall–Kier alpha value is -1.17. The third kappa shape index (κ3) is 2.69. The second kappa shape index (κ2) is 5.25. The Morgan fingerprint density at radius 2 is 2.12 bits per heavy atom. The SMILES string of the molecule is OCCNc1ccc(-c2ccc(Cl)s2)nn1. The molecule has 0 bridgehead atoms. The maximum atomic E-state index is 8.64. The molecule has 0 saturated heterocycles. The summed E-state index contributed by atoms with van der Waals surface area (Å²) in [6.45, 7) is 0.544. The van der Waals surface area contributed by atoms with E-state index in [1.807, 2.05) is 24.3 Å². The second-order valence-electron chi connectivity index (χ2n) is 3.06. The zero-order valence-electron chi connectivity index (χ0n) is 8.35. The van der Waals surface area contributed by atoms with Crippen LogP contribution in [0.25, 0.3) is 10.6 Å². The molecule has 16 heavy (non-hydrogen) atoms. The first-order chi connectivity index (χ1) is 7.79. The lowest BCUT2D eigenvalue weighted by atomic mass is 10.3. The summed E-state index contributed by atoms with van der Waals surface area (Å²) in [7, 11) is 0. The lowest BCUT2D eigenvalue weighted by molar-refractivity contribution is 0.311. The molecule has 2 aromatic heterocycles. The highest BCUT2D eigenvalue weighted by Gasteiger charge is 2.03. The molecule has 84 valence electrons. The first-order valence-corrected chi connectivity index (χ1v) is 5.93. The summed E-state index contributed by atoms with van der Waals surface area (Å²) >= 11 is 7.31. The number of halogens is 1. The van der Waals surface area contributed by atoms with Gasteiger partial charge in [-0.1, -0.05) is 11.6 Å². The van der Waals surface area contributed by atoms with Crippen LogP contribution in [0.15, 0.2) is 24.3 Å². The largest absolute Gasteiger partial charge is 0.395 e. The fourth-order valence-corrected chi connectivity index (χ4v) is 2.20. The molecule has 0 aliphatic heterocycles. The van der Waals surface area contributed by atoms with Gasteiger partial charge in [0.25, 0.3) is 0 Å². The first-order valence-electron chi connectivity index (χ1n) is 4.74. The van der Waals surface area contributed by atoms with Gasteiger partial charge in [-0.25, -0.2) is 0 Å². The number of hydrogen-bond acceptors (Lipinski definition) is 5. The molecule has 0 atom stereocenters. The number of rotatable bonds is 4. The van der Waals surface area contributed by atoms with E-state index in [0.29, 0.717) is 12.4 Å². The summed E-state index contributed by atoms with van der Waals surface area (Å²) in [5.74, 6) is 0.653. The quantitative estimate of drug-likeness (QED) is 0.880. The number of anilines is 1. The highest BCUT2D eigenvalue weighted by molar-refractivity contribution is 7.19. The minimum absolute atomic E-state index is 0.0734. The van der Waals surface area contributed by atoms with E-state index in [9.17, 15) is 0 Å². The van der Waals surface area contributed by atoms with Gasteiger partial charge in [-0.2, -0.15) is 0 Å². The average molecular weight is 256 g/mol. The normalized spacial score (nSPS) is 10.4. The lowest BCUT2D eigenvalue weighted by Gasteiger charge is -2.02. The van der Waals surface area contributed by atoms with Crippen LogP contribution in [0.2, 0.25) is 4.34 Å². The van der Waals surface area contributed by atoms with Crippen molar-refractivity contribution in [2.24, 2.45) is 0 Å². The minimum Gasteiger partial charge on any atom is -0.395 e. The van der Waals surface area contributed by atoms with Gasteiger partial charge in [0.1, 0.15) is 11.5 Å². The number of aliphatic hydroxyl groups is 1. The van der Waals surface area contributed by atoms with Crippen molar-refractivity contribution >= 4 is 28.8 Å². The smallest absolute Gasteiger partial charge is 0.148 e. The van der Waals surface area contributed by atoms with Crippen molar-refractivity contribution in [2.75, 3.05) is 18.5 Å². The maximum absolute atomic E-state index is 8.64. The zero-order chi connectivity index (χ0) is 11.4. The van der Waals surface area contributed by atoms with E-state index < -0.39 is 0 Å². The molecule has 6 heteroatoms. The van der Waals surface area contributed by atoms with Gasteiger partial charge in [-0.15, -0.1) is 21.5 Å². The fourth-order valence-electron chi connectivity index (χ4n) is 1.19. The molecule has 0 aliphatic rings. The molecule has 0 unspecified atom stereocenters. The van der Waals surface area contributed by atoms with Crippen molar-refractivity contribution in [3.05, 3.63) is 28.6 Å². The van der Waals surface area contributed by atoms with Gasteiger partial charge in [0.15, 0.2) is 0 Å². The van der Waals surface area contributed by atoms with E-state index in [1.54, 1.807) is 0 Å². The molecular formula is C10H10ClN3OS. The molecule has 0 radical (unpaired) electrons. The third-order valence-corrected chi connectivity index (χ3v) is 3.16. The third-order valence-electron chi connectivity index (χ3n) is 1.91. The molecule has 0 saturated carbocycles. The van der Waals surface area contributed by atoms with Crippen LogP contribution in [-0.2, 0) is 0 Å². The van der Waals surface area contributed by atoms with Gasteiger partial charge in [0.05, 0.1) is 15.8 Å². The van der Waals surface area contributed by atoms with Gasteiger partial charge in [0.2, 0.25) is 0 Å². The molecule has 2 N–H and O–H groups in total. The summed E-state index contributed by atoms with van der Waals surface area (Å²) in [5, 5.41) is 19.6. The minimum atomic E-state index is 0.0734. The van der Waals surface area contributed by atoms with Crippen LogP contribution >= 0.6 is 22.9 Å². The first kappa shape index (κ1) is 11.3. The fraction of sp³-hybridized carbons (Fsp3) is 0.200. The number of thiophene rings is 1. The highest BCUT2D eigenvalue weighted by atomic mass is 35.5. The molecule has 0 spiro atoms. The van der Waals surface area contributed by atoms with E-state index in [2.05, 4.69) is 15.5 Å². The average Bonchev–Trinajstić information content (AvgIpc) is 2.74. The topological polar surface area (TPSA) is 58.0 Å². The number of hydrogen-bond donors (Lipinski definition) is 2. The van der Waals surface area contributed by atoms with Crippen molar-refractivity contribution in [2.45, 2.75) is 0 Å². The summed E-state index contributed by atoms with van der Waals surface area (Å²) in [5.41, 5.74) is 0.798. The van der Waals surface area contributed by atoms with Crippen molar-refractivity contribution in [1.82, 2.24) is 10.2 Å². The van der Waals surface area contributed by atoms with Crippen LogP contribution in [-0.4, -0.2) is 28.5 Å². The Balaban J connectivity index is 2.13. The predicted octanol–water partition coefficient (Wildman–Crippen LogP) is 2.26. The summed E-state index contributed by atoms with van der Waals surface area (Å²) in [6.07, 6.45) is 0. The Kier molecular flexibility index (Phi) is 3.71. The molecule has 0 aromatic carbocycles. The molecule has 0 fully saturated rings. The number of aliphatic hydroxyl groups excluding tert-OH is 1. The lowest BCUT2D eigenvalue weighted by Crippen LogP contribution is -2.07. The van der Waals surface area contributed by atoms with E-state index >= 15 is 0 Å². The highest BCUT2D eigenvalue weighted by Crippen LogP contribution is 2.29. The Labute approximate surface area is 102 Å². The summed E-state index contributed by atoms with van der Waals surface area (Å²) in [6, 6.07) is 7.44. The molecular weight excluding hydrogens is 246 g/mol. The van der Waals surface area contributed by atoms with Crippen LogP contribution < -0.4 is 5.32 Å². The van der Waals surface area contributed by atoms with Crippen molar-refractivity contribution in [3.63, 3.8) is 0 Å². The van der Waals surface area contributed by atoms with Crippen LogP contribution in [0.4, 0.5) is 5.82 Å². The molecule has 2 aromatic rings. The second-order valence-corrected chi connectivity index (χ2v) is 4.77.